The molecule has 1 saturated heterocycles. The van der Waals surface area contributed by atoms with Crippen molar-refractivity contribution in [3.8, 4) is 0 Å². The van der Waals surface area contributed by atoms with E-state index in [1.807, 2.05) is 0 Å². The van der Waals surface area contributed by atoms with E-state index in [4.69, 9.17) is 0 Å². The Kier molecular flexibility index (Phi) is 5.48. The highest BCUT2D eigenvalue weighted by Crippen LogP contribution is 2.28. The topological polar surface area (TPSA) is 41.1 Å². The van der Waals surface area contributed by atoms with Crippen molar-refractivity contribution in [2.45, 2.75) is 64.3 Å². The molecule has 2 N–H and O–H groups in total. The molecule has 2 aliphatic rings. The minimum Gasteiger partial charge on any atom is -0.356 e. The Morgan fingerprint density at radius 3 is 2.78 bits per heavy atom. The Morgan fingerprint density at radius 2 is 2.06 bits per heavy atom. The van der Waals surface area contributed by atoms with Crippen LogP contribution < -0.4 is 10.6 Å². The lowest BCUT2D eigenvalue weighted by Gasteiger charge is -2.27. The van der Waals surface area contributed by atoms with Crippen LogP contribution in [0.1, 0.15) is 58.3 Å². The maximum absolute atomic E-state index is 12.0. The normalized spacial score (nSPS) is 29.4. The monoisotopic (exact) mass is 252 g/mol. The third-order valence-electron chi connectivity index (χ3n) is 4.56. The zero-order valence-electron chi connectivity index (χ0n) is 11.7. The van der Waals surface area contributed by atoms with Crippen LogP contribution in [0.4, 0.5) is 0 Å². The standard InChI is InChI=1S/C15H28N2O/c1-12-11-14(8-10-16-12)15(18)17-9-4-7-13-5-2-3-6-13/h12-14,16H,2-11H2,1H3,(H,17,18). The van der Waals surface area contributed by atoms with Gasteiger partial charge in [0.25, 0.3) is 0 Å². The van der Waals surface area contributed by atoms with Gasteiger partial charge in [-0.25, -0.2) is 0 Å². The van der Waals surface area contributed by atoms with Crippen molar-refractivity contribution in [3.05, 3.63) is 0 Å². The molecule has 0 radical (unpaired) electrons. The zero-order valence-corrected chi connectivity index (χ0v) is 11.7. The highest BCUT2D eigenvalue weighted by Gasteiger charge is 2.24. The first kappa shape index (κ1) is 13.9. The SMILES string of the molecule is CC1CC(C(=O)NCCCC2CCCC2)CCN1. The van der Waals surface area contributed by atoms with Gasteiger partial charge in [-0.2, -0.15) is 0 Å². The largest absolute Gasteiger partial charge is 0.356 e. The molecule has 1 aliphatic carbocycles. The van der Waals surface area contributed by atoms with Gasteiger partial charge in [-0.05, 0) is 45.1 Å². The fraction of sp³-hybridized carbons (Fsp3) is 0.933. The number of amides is 1. The van der Waals surface area contributed by atoms with E-state index in [0.29, 0.717) is 6.04 Å². The van der Waals surface area contributed by atoms with E-state index >= 15 is 0 Å². The van der Waals surface area contributed by atoms with Crippen molar-refractivity contribution in [3.63, 3.8) is 0 Å². The third kappa shape index (κ3) is 4.27. The maximum Gasteiger partial charge on any atom is 0.223 e. The molecule has 1 aliphatic heterocycles. The summed E-state index contributed by atoms with van der Waals surface area (Å²) in [6.45, 7) is 4.04. The number of piperidine rings is 1. The van der Waals surface area contributed by atoms with Crippen LogP contribution in [0.25, 0.3) is 0 Å². The second-order valence-corrected chi connectivity index (χ2v) is 6.16. The van der Waals surface area contributed by atoms with Crippen LogP contribution in [0.2, 0.25) is 0 Å². The van der Waals surface area contributed by atoms with Gasteiger partial charge in [-0.15, -0.1) is 0 Å². The van der Waals surface area contributed by atoms with Crippen LogP contribution >= 0.6 is 0 Å². The molecule has 2 fully saturated rings. The summed E-state index contributed by atoms with van der Waals surface area (Å²) in [5.74, 6) is 1.48. The molecule has 3 heteroatoms. The van der Waals surface area contributed by atoms with E-state index in [9.17, 15) is 4.79 Å². The molecule has 18 heavy (non-hydrogen) atoms. The summed E-state index contributed by atoms with van der Waals surface area (Å²) in [6.07, 6.45) is 10.1. The van der Waals surface area contributed by atoms with Crippen LogP contribution in [0.5, 0.6) is 0 Å². The Balaban J connectivity index is 1.56. The Bertz CT molecular complexity index is 261. The van der Waals surface area contributed by atoms with Gasteiger partial charge in [0.15, 0.2) is 0 Å². The predicted octanol–water partition coefficient (Wildman–Crippen LogP) is 2.46. The molecule has 0 aromatic carbocycles. The van der Waals surface area contributed by atoms with Gasteiger partial charge in [0.1, 0.15) is 0 Å². The van der Waals surface area contributed by atoms with Crippen molar-refractivity contribution in [2.24, 2.45) is 11.8 Å². The maximum atomic E-state index is 12.0. The average Bonchev–Trinajstić information content (AvgIpc) is 2.87. The predicted molar refractivity (Wildman–Crippen MR) is 74.4 cm³/mol. The second-order valence-electron chi connectivity index (χ2n) is 6.16. The summed E-state index contributed by atoms with van der Waals surface area (Å²) >= 11 is 0. The highest BCUT2D eigenvalue weighted by molar-refractivity contribution is 5.78. The lowest BCUT2D eigenvalue weighted by Crippen LogP contribution is -2.42. The Hall–Kier alpha value is -0.570. The van der Waals surface area contributed by atoms with Crippen molar-refractivity contribution in [1.29, 1.82) is 0 Å². The van der Waals surface area contributed by atoms with Crippen molar-refractivity contribution in [1.82, 2.24) is 10.6 Å². The summed E-state index contributed by atoms with van der Waals surface area (Å²) in [6, 6.07) is 0.494. The first-order valence-corrected chi connectivity index (χ1v) is 7.77. The molecular weight excluding hydrogens is 224 g/mol. The van der Waals surface area contributed by atoms with E-state index in [-0.39, 0.29) is 11.8 Å². The molecular formula is C15H28N2O. The number of carbonyl (C=O) groups excluding carboxylic acids is 1. The van der Waals surface area contributed by atoms with Crippen molar-refractivity contribution < 1.29 is 4.79 Å². The van der Waals surface area contributed by atoms with E-state index in [0.717, 1.165) is 38.3 Å². The fourth-order valence-electron chi connectivity index (χ4n) is 3.42. The van der Waals surface area contributed by atoms with Crippen LogP contribution in [-0.2, 0) is 4.79 Å². The van der Waals surface area contributed by atoms with Crippen molar-refractivity contribution in [2.75, 3.05) is 13.1 Å². The molecule has 2 atom stereocenters. The number of hydrogen-bond donors (Lipinski definition) is 2. The Morgan fingerprint density at radius 1 is 1.28 bits per heavy atom. The molecule has 104 valence electrons. The van der Waals surface area contributed by atoms with E-state index in [1.165, 1.54) is 32.1 Å². The quantitative estimate of drug-likeness (QED) is 0.738. The van der Waals surface area contributed by atoms with Gasteiger partial charge in [0.2, 0.25) is 5.91 Å². The van der Waals surface area contributed by atoms with Gasteiger partial charge in [0, 0.05) is 18.5 Å². The molecule has 1 saturated carbocycles. The van der Waals surface area contributed by atoms with Gasteiger partial charge in [-0.1, -0.05) is 25.7 Å². The fourth-order valence-corrected chi connectivity index (χ4v) is 3.42. The Labute approximate surface area is 111 Å². The molecule has 2 rings (SSSR count). The second kappa shape index (κ2) is 7.13. The van der Waals surface area contributed by atoms with Crippen LogP contribution in [0.15, 0.2) is 0 Å². The summed E-state index contributed by atoms with van der Waals surface area (Å²) in [4.78, 5) is 12.0. The van der Waals surface area contributed by atoms with E-state index < -0.39 is 0 Å². The summed E-state index contributed by atoms with van der Waals surface area (Å²) in [5, 5.41) is 6.52. The summed E-state index contributed by atoms with van der Waals surface area (Å²) in [7, 11) is 0. The highest BCUT2D eigenvalue weighted by atomic mass is 16.1. The van der Waals surface area contributed by atoms with Gasteiger partial charge in [-0.3, -0.25) is 4.79 Å². The number of hydrogen-bond acceptors (Lipinski definition) is 2. The third-order valence-corrected chi connectivity index (χ3v) is 4.56. The lowest BCUT2D eigenvalue weighted by molar-refractivity contribution is -0.126. The average molecular weight is 252 g/mol. The molecule has 1 heterocycles. The summed E-state index contributed by atoms with van der Waals surface area (Å²) < 4.78 is 0. The minimum atomic E-state index is 0.243. The lowest BCUT2D eigenvalue weighted by atomic mass is 9.92. The van der Waals surface area contributed by atoms with Crippen molar-refractivity contribution >= 4 is 5.91 Å². The number of carbonyl (C=O) groups is 1. The first-order chi connectivity index (χ1) is 8.75. The molecule has 1 amide bonds. The van der Waals surface area contributed by atoms with Crippen LogP contribution in [0, 0.1) is 11.8 Å². The molecule has 0 aromatic heterocycles. The number of rotatable bonds is 5. The van der Waals surface area contributed by atoms with Gasteiger partial charge in [0.05, 0.1) is 0 Å². The minimum absolute atomic E-state index is 0.243. The molecule has 0 bridgehead atoms. The van der Waals surface area contributed by atoms with E-state index in [2.05, 4.69) is 17.6 Å². The van der Waals surface area contributed by atoms with Crippen LogP contribution in [-0.4, -0.2) is 25.0 Å². The summed E-state index contributed by atoms with van der Waals surface area (Å²) in [5.41, 5.74) is 0. The zero-order chi connectivity index (χ0) is 12.8. The molecule has 0 aromatic rings. The molecule has 3 nitrogen and oxygen atoms in total. The smallest absolute Gasteiger partial charge is 0.223 e. The molecule has 2 unspecified atom stereocenters. The molecule has 0 spiro atoms. The van der Waals surface area contributed by atoms with Crippen LogP contribution in [0.3, 0.4) is 0 Å². The van der Waals surface area contributed by atoms with E-state index in [1.54, 1.807) is 0 Å². The number of nitrogens with one attached hydrogen (secondary N) is 2. The first-order valence-electron chi connectivity index (χ1n) is 7.77. The van der Waals surface area contributed by atoms with Gasteiger partial charge >= 0.3 is 0 Å². The van der Waals surface area contributed by atoms with Gasteiger partial charge < -0.3 is 10.6 Å².